The van der Waals surface area contributed by atoms with Gasteiger partial charge in [-0.2, -0.15) is 0 Å². The average molecular weight is 514 g/mol. The Morgan fingerprint density at radius 3 is 0.903 bits per heavy atom. The van der Waals surface area contributed by atoms with Gasteiger partial charge >= 0.3 is 17.6 Å². The monoisotopic (exact) mass is 513 g/mol. The van der Waals surface area contributed by atoms with Crippen molar-refractivity contribution in [2.24, 2.45) is 0 Å². The van der Waals surface area contributed by atoms with Gasteiger partial charge in [0.1, 0.15) is 16.5 Å². The summed E-state index contributed by atoms with van der Waals surface area (Å²) in [5.41, 5.74) is 0. The first-order valence-electron chi connectivity index (χ1n) is 12.1. The molecule has 0 rings (SSSR count). The topological polar surface area (TPSA) is 67.4 Å². The number of nitrogens with one attached hydrogen (secondary N) is 1. The van der Waals surface area contributed by atoms with Gasteiger partial charge in [0.05, 0.1) is 0 Å². The summed E-state index contributed by atoms with van der Waals surface area (Å²) >= 11 is 0. The van der Waals surface area contributed by atoms with E-state index in [1.165, 1.54) is 0 Å². The second-order valence-electron chi connectivity index (χ2n) is 8.90. The molecule has 1 N–H and O–H groups in total. The standard InChI is InChI=1S/C20H51NO6Si4/c1-11-22-30(23-12-2,24-13-3)19-17-29(10,21-28(7,8)9)18-20-31(25-14-4,26-15-5)27-16-6/h21H,11-20H2,1-10H3. The summed E-state index contributed by atoms with van der Waals surface area (Å²) in [6, 6.07) is 3.76. The molecule has 0 saturated heterocycles. The third-order valence-electron chi connectivity index (χ3n) is 4.83. The maximum Gasteiger partial charge on any atom is 0.500 e. The molecular weight excluding hydrogens is 463 g/mol. The Labute approximate surface area is 196 Å². The Balaban J connectivity index is 5.65. The molecule has 0 aromatic carbocycles. The van der Waals surface area contributed by atoms with Gasteiger partial charge in [0.15, 0.2) is 0 Å². The minimum absolute atomic E-state index is 0.612. The van der Waals surface area contributed by atoms with Gasteiger partial charge in [-0.1, -0.05) is 26.2 Å². The maximum absolute atomic E-state index is 6.13. The van der Waals surface area contributed by atoms with Crippen molar-refractivity contribution in [1.29, 1.82) is 0 Å². The molecule has 188 valence electrons. The zero-order valence-electron chi connectivity index (χ0n) is 22.0. The van der Waals surface area contributed by atoms with E-state index in [2.05, 4.69) is 30.8 Å². The van der Waals surface area contributed by atoms with Crippen molar-refractivity contribution >= 4 is 34.1 Å². The Kier molecular flexibility index (Phi) is 15.8. The van der Waals surface area contributed by atoms with Crippen LogP contribution < -0.4 is 4.65 Å². The molecule has 31 heavy (non-hydrogen) atoms. The van der Waals surface area contributed by atoms with Crippen molar-refractivity contribution in [2.75, 3.05) is 39.6 Å². The highest BCUT2D eigenvalue weighted by Crippen LogP contribution is 2.30. The smallest absolute Gasteiger partial charge is 0.374 e. The molecule has 0 heterocycles. The number of hydrogen-bond acceptors (Lipinski definition) is 7. The molecule has 0 aromatic rings. The number of rotatable bonds is 20. The van der Waals surface area contributed by atoms with Crippen LogP contribution in [0.2, 0.25) is 50.4 Å². The molecule has 0 saturated carbocycles. The van der Waals surface area contributed by atoms with Gasteiger partial charge in [-0.25, -0.2) is 0 Å². The van der Waals surface area contributed by atoms with E-state index in [1.54, 1.807) is 0 Å². The third kappa shape index (κ3) is 12.6. The van der Waals surface area contributed by atoms with Crippen LogP contribution in [0.4, 0.5) is 0 Å². The third-order valence-corrected chi connectivity index (χ3v) is 20.0. The summed E-state index contributed by atoms with van der Waals surface area (Å²) in [4.78, 5) is 0. The van der Waals surface area contributed by atoms with Crippen LogP contribution in [0.5, 0.6) is 0 Å². The summed E-state index contributed by atoms with van der Waals surface area (Å²) < 4.78 is 40.9. The summed E-state index contributed by atoms with van der Waals surface area (Å²) in [7, 11) is -8.72. The van der Waals surface area contributed by atoms with Crippen molar-refractivity contribution < 1.29 is 26.6 Å². The van der Waals surface area contributed by atoms with Crippen LogP contribution in [0, 0.1) is 0 Å². The quantitative estimate of drug-likeness (QED) is 0.228. The Morgan fingerprint density at radius 1 is 0.452 bits per heavy atom. The molecule has 11 heteroatoms. The Bertz CT molecular complexity index is 403. The zero-order valence-corrected chi connectivity index (χ0v) is 26.0. The lowest BCUT2D eigenvalue weighted by atomic mass is 10.9. The van der Waals surface area contributed by atoms with Crippen LogP contribution in [-0.4, -0.2) is 73.7 Å². The van der Waals surface area contributed by atoms with E-state index in [0.717, 1.165) is 24.2 Å². The molecule has 0 aliphatic carbocycles. The molecule has 0 bridgehead atoms. The molecule has 0 radical (unpaired) electrons. The fraction of sp³-hybridized carbons (Fsp3) is 1.00. The highest BCUT2D eigenvalue weighted by molar-refractivity contribution is 6.92. The molecule has 0 fully saturated rings. The van der Waals surface area contributed by atoms with Crippen molar-refractivity contribution in [1.82, 2.24) is 4.65 Å². The van der Waals surface area contributed by atoms with Crippen LogP contribution in [0.3, 0.4) is 0 Å². The predicted molar refractivity (Wildman–Crippen MR) is 139 cm³/mol. The second-order valence-corrected chi connectivity index (χ2v) is 24.0. The van der Waals surface area contributed by atoms with Crippen LogP contribution in [-0.2, 0) is 26.6 Å². The van der Waals surface area contributed by atoms with E-state index >= 15 is 0 Å². The van der Waals surface area contributed by atoms with E-state index in [9.17, 15) is 0 Å². The number of hydrogen-bond donors (Lipinski definition) is 1. The molecule has 7 nitrogen and oxygen atoms in total. The molecule has 0 aromatic heterocycles. The SMILES string of the molecule is CCO[Si](CC[Si](C)(CC[Si](OCC)(OCC)OCC)N[Si](C)(C)C)(OCC)OCC. The molecule has 0 amide bonds. The van der Waals surface area contributed by atoms with Gasteiger partial charge in [-0.15, -0.1) is 0 Å². The lowest BCUT2D eigenvalue weighted by Crippen LogP contribution is -2.61. The summed E-state index contributed by atoms with van der Waals surface area (Å²) in [5.74, 6) is 0. The van der Waals surface area contributed by atoms with E-state index < -0.39 is 34.1 Å². The predicted octanol–water partition coefficient (Wildman–Crippen LogP) is 5.08. The van der Waals surface area contributed by atoms with Gasteiger partial charge in [0, 0.05) is 51.7 Å². The van der Waals surface area contributed by atoms with Crippen LogP contribution in [0.15, 0.2) is 0 Å². The molecule has 0 spiro atoms. The highest BCUT2D eigenvalue weighted by Gasteiger charge is 2.47. The zero-order chi connectivity index (χ0) is 24.0. The van der Waals surface area contributed by atoms with Gasteiger partial charge in [0.25, 0.3) is 0 Å². The van der Waals surface area contributed by atoms with Gasteiger partial charge in [0.2, 0.25) is 0 Å². The molecule has 0 unspecified atom stereocenters. The Hall–Kier alpha value is 0.588. The summed E-state index contributed by atoms with van der Waals surface area (Å²) in [5, 5.41) is 0. The molecule has 0 aliphatic rings. The largest absolute Gasteiger partial charge is 0.500 e. The first kappa shape index (κ1) is 31.6. The molecule has 0 aliphatic heterocycles. The lowest BCUT2D eigenvalue weighted by molar-refractivity contribution is 0.0722. The minimum atomic E-state index is -2.67. The van der Waals surface area contributed by atoms with Crippen LogP contribution in [0.25, 0.3) is 0 Å². The fourth-order valence-corrected chi connectivity index (χ4v) is 23.4. The first-order chi connectivity index (χ1) is 14.5. The fourth-order valence-electron chi connectivity index (χ4n) is 4.02. The van der Waals surface area contributed by atoms with Gasteiger partial charge in [-0.3, -0.25) is 0 Å². The van der Waals surface area contributed by atoms with Crippen LogP contribution >= 0.6 is 0 Å². The lowest BCUT2D eigenvalue weighted by Gasteiger charge is -2.39. The van der Waals surface area contributed by atoms with Gasteiger partial charge < -0.3 is 31.2 Å². The minimum Gasteiger partial charge on any atom is -0.374 e. The van der Waals surface area contributed by atoms with Crippen molar-refractivity contribution in [2.45, 2.75) is 91.9 Å². The van der Waals surface area contributed by atoms with E-state index in [4.69, 9.17) is 26.6 Å². The second kappa shape index (κ2) is 15.5. The summed E-state index contributed by atoms with van der Waals surface area (Å²) in [6.45, 7) is 25.3. The first-order valence-corrected chi connectivity index (χ1v) is 22.4. The normalized spacial score (nSPS) is 13.7. The highest BCUT2D eigenvalue weighted by atomic mass is 28.4. The summed E-state index contributed by atoms with van der Waals surface area (Å²) in [6.07, 6.45) is 0. The van der Waals surface area contributed by atoms with Crippen molar-refractivity contribution in [3.8, 4) is 0 Å². The van der Waals surface area contributed by atoms with E-state index in [-0.39, 0.29) is 0 Å². The van der Waals surface area contributed by atoms with Crippen molar-refractivity contribution in [3.05, 3.63) is 0 Å². The van der Waals surface area contributed by atoms with E-state index in [0.29, 0.717) is 39.6 Å². The average Bonchev–Trinajstić information content (AvgIpc) is 2.65. The van der Waals surface area contributed by atoms with E-state index in [1.807, 2.05) is 41.5 Å². The van der Waals surface area contributed by atoms with Crippen LogP contribution in [0.1, 0.15) is 41.5 Å². The van der Waals surface area contributed by atoms with Gasteiger partial charge in [-0.05, 0) is 53.6 Å². The molecule has 0 atom stereocenters. The maximum atomic E-state index is 6.13. The Morgan fingerprint density at radius 2 is 0.710 bits per heavy atom. The molecular formula is C20H51NO6Si4. The van der Waals surface area contributed by atoms with Crippen molar-refractivity contribution in [3.63, 3.8) is 0 Å².